The van der Waals surface area contributed by atoms with Gasteiger partial charge in [-0.1, -0.05) is 0 Å². The summed E-state index contributed by atoms with van der Waals surface area (Å²) in [5, 5.41) is 20.4. The van der Waals surface area contributed by atoms with Crippen molar-refractivity contribution < 1.29 is 24.6 Å². The van der Waals surface area contributed by atoms with Crippen LogP contribution in [0.4, 0.5) is 0 Å². The molecule has 3 aromatic carbocycles. The summed E-state index contributed by atoms with van der Waals surface area (Å²) in [7, 11) is 0. The van der Waals surface area contributed by atoms with Crippen LogP contribution in [0.2, 0.25) is 0 Å². The Balaban J connectivity index is 1.42. The number of carbonyl (C=O) groups is 1. The fourth-order valence-electron chi connectivity index (χ4n) is 4.41. The molecule has 33 heavy (non-hydrogen) atoms. The van der Waals surface area contributed by atoms with Gasteiger partial charge in [-0.2, -0.15) is 0 Å². The van der Waals surface area contributed by atoms with Crippen LogP contribution in [-0.4, -0.2) is 42.2 Å². The molecular formula is C27H26NO4S+. The highest BCUT2D eigenvalue weighted by Crippen LogP contribution is 2.41. The topological polar surface area (TPSA) is 71.2 Å². The number of thiophene rings is 1. The molecule has 2 heterocycles. The fraction of sp³-hybridized carbons (Fsp3) is 0.222. The molecule has 5 rings (SSSR count). The number of hydrogen-bond donors (Lipinski definition) is 3. The molecule has 0 amide bonds. The summed E-state index contributed by atoms with van der Waals surface area (Å²) in [6, 6.07) is 19.2. The molecule has 4 aromatic rings. The summed E-state index contributed by atoms with van der Waals surface area (Å²) in [5.41, 5.74) is 2.04. The zero-order chi connectivity index (χ0) is 22.8. The van der Waals surface area contributed by atoms with Crippen LogP contribution in [0.5, 0.6) is 17.2 Å². The highest BCUT2D eigenvalue weighted by molar-refractivity contribution is 7.22. The Kier molecular flexibility index (Phi) is 6.03. The van der Waals surface area contributed by atoms with Crippen LogP contribution in [0.1, 0.15) is 28.8 Å². The predicted molar refractivity (Wildman–Crippen MR) is 131 cm³/mol. The zero-order valence-electron chi connectivity index (χ0n) is 18.2. The number of carbonyl (C=O) groups excluding carboxylic acids is 1. The van der Waals surface area contributed by atoms with Gasteiger partial charge in [0.15, 0.2) is 5.78 Å². The van der Waals surface area contributed by atoms with Crippen LogP contribution in [-0.2, 0) is 0 Å². The highest BCUT2D eigenvalue weighted by atomic mass is 32.1. The number of quaternary nitrogens is 1. The third kappa shape index (κ3) is 4.58. The van der Waals surface area contributed by atoms with Gasteiger partial charge in [-0.15, -0.1) is 11.3 Å². The van der Waals surface area contributed by atoms with E-state index in [9.17, 15) is 15.0 Å². The molecule has 1 fully saturated rings. The number of ether oxygens (including phenoxy) is 1. The standard InChI is InChI=1S/C27H25NO4S/c29-20-7-3-19(4-8-20)27-25(23-12-9-21(30)17-24(23)33-27)26(31)18-5-10-22(11-6-18)32-16-15-28-13-1-2-14-28/h3-12,17,29-30H,1-2,13-16H2/p+1. The molecular weight excluding hydrogens is 434 g/mol. The molecule has 168 valence electrons. The first-order valence-corrected chi connectivity index (χ1v) is 12.1. The molecule has 0 spiro atoms. The van der Waals surface area contributed by atoms with Crippen LogP contribution in [0.3, 0.4) is 0 Å². The number of phenolic OH excluding ortho intramolecular Hbond substituents is 2. The first-order chi connectivity index (χ1) is 16.1. The number of aromatic hydroxyl groups is 2. The molecule has 0 atom stereocenters. The van der Waals surface area contributed by atoms with E-state index < -0.39 is 0 Å². The van der Waals surface area contributed by atoms with E-state index in [0.29, 0.717) is 17.7 Å². The molecule has 1 aromatic heterocycles. The second-order valence-electron chi connectivity index (χ2n) is 8.44. The molecule has 0 radical (unpaired) electrons. The van der Waals surface area contributed by atoms with Crippen molar-refractivity contribution in [3.63, 3.8) is 0 Å². The maximum absolute atomic E-state index is 13.6. The Hall–Kier alpha value is -3.35. The van der Waals surface area contributed by atoms with Gasteiger partial charge in [-0.3, -0.25) is 4.79 Å². The number of nitrogens with one attached hydrogen (secondary N) is 1. The van der Waals surface area contributed by atoms with Crippen molar-refractivity contribution in [1.29, 1.82) is 0 Å². The van der Waals surface area contributed by atoms with E-state index >= 15 is 0 Å². The van der Waals surface area contributed by atoms with Crippen LogP contribution in [0, 0.1) is 0 Å². The molecule has 5 nitrogen and oxygen atoms in total. The number of likely N-dealkylation sites (tertiary alicyclic amines) is 1. The van der Waals surface area contributed by atoms with Crippen LogP contribution in [0.25, 0.3) is 20.5 Å². The molecule has 0 saturated carbocycles. The highest BCUT2D eigenvalue weighted by Gasteiger charge is 2.22. The molecule has 0 bridgehead atoms. The van der Waals surface area contributed by atoms with Gasteiger partial charge < -0.3 is 19.8 Å². The summed E-state index contributed by atoms with van der Waals surface area (Å²) in [4.78, 5) is 16.0. The van der Waals surface area contributed by atoms with E-state index in [4.69, 9.17) is 4.74 Å². The van der Waals surface area contributed by atoms with Gasteiger partial charge in [0.25, 0.3) is 0 Å². The fourth-order valence-corrected chi connectivity index (χ4v) is 5.65. The Labute approximate surface area is 196 Å². The summed E-state index contributed by atoms with van der Waals surface area (Å²) >= 11 is 1.46. The quantitative estimate of drug-likeness (QED) is 0.360. The SMILES string of the molecule is O=C(c1ccc(OCC[NH+]2CCCC2)cc1)c1c(-c2ccc(O)cc2)sc2cc(O)ccc12. The third-order valence-electron chi connectivity index (χ3n) is 6.18. The zero-order valence-corrected chi connectivity index (χ0v) is 19.0. The van der Waals surface area contributed by atoms with E-state index in [-0.39, 0.29) is 17.3 Å². The normalized spacial score (nSPS) is 14.1. The Bertz CT molecular complexity index is 1270. The van der Waals surface area contributed by atoms with Gasteiger partial charge >= 0.3 is 0 Å². The van der Waals surface area contributed by atoms with Gasteiger partial charge in [0.1, 0.15) is 30.4 Å². The minimum Gasteiger partial charge on any atom is -0.508 e. The van der Waals surface area contributed by atoms with E-state index in [0.717, 1.165) is 32.8 Å². The summed E-state index contributed by atoms with van der Waals surface area (Å²) in [6.45, 7) is 4.13. The summed E-state index contributed by atoms with van der Waals surface area (Å²) in [6.07, 6.45) is 2.60. The second-order valence-corrected chi connectivity index (χ2v) is 9.49. The lowest BCUT2D eigenvalue weighted by molar-refractivity contribution is -0.887. The van der Waals surface area contributed by atoms with Crippen molar-refractivity contribution in [2.75, 3.05) is 26.2 Å². The molecule has 1 aliphatic rings. The molecule has 3 N–H and O–H groups in total. The number of benzene rings is 3. The third-order valence-corrected chi connectivity index (χ3v) is 7.38. The molecule has 0 unspecified atom stereocenters. The smallest absolute Gasteiger partial charge is 0.195 e. The lowest BCUT2D eigenvalue weighted by Crippen LogP contribution is -3.10. The maximum atomic E-state index is 13.6. The average molecular weight is 461 g/mol. The Morgan fingerprint density at radius 2 is 1.61 bits per heavy atom. The van der Waals surface area contributed by atoms with E-state index in [2.05, 4.69) is 0 Å². The molecule has 1 aliphatic heterocycles. The van der Waals surface area contributed by atoms with E-state index in [1.807, 2.05) is 24.3 Å². The summed E-state index contributed by atoms with van der Waals surface area (Å²) < 4.78 is 6.74. The first kappa shape index (κ1) is 21.5. The molecule has 6 heteroatoms. The van der Waals surface area contributed by atoms with Crippen molar-refractivity contribution in [3.05, 3.63) is 77.9 Å². The number of phenols is 2. The Morgan fingerprint density at radius 1 is 0.909 bits per heavy atom. The van der Waals surface area contributed by atoms with Gasteiger partial charge in [0.05, 0.1) is 13.1 Å². The van der Waals surface area contributed by atoms with Crippen molar-refractivity contribution in [3.8, 4) is 27.7 Å². The van der Waals surface area contributed by atoms with Gasteiger partial charge in [0.2, 0.25) is 0 Å². The Morgan fingerprint density at radius 3 is 2.33 bits per heavy atom. The first-order valence-electron chi connectivity index (χ1n) is 11.2. The largest absolute Gasteiger partial charge is 0.508 e. The van der Waals surface area contributed by atoms with Crippen molar-refractivity contribution in [2.24, 2.45) is 0 Å². The van der Waals surface area contributed by atoms with Crippen molar-refractivity contribution >= 4 is 27.2 Å². The van der Waals surface area contributed by atoms with Crippen molar-refractivity contribution in [2.45, 2.75) is 12.8 Å². The van der Waals surface area contributed by atoms with Gasteiger partial charge in [-0.25, -0.2) is 0 Å². The van der Waals surface area contributed by atoms with E-state index in [1.165, 1.54) is 37.3 Å². The maximum Gasteiger partial charge on any atom is 0.195 e. The number of ketones is 1. The number of fused-ring (bicyclic) bond motifs is 1. The van der Waals surface area contributed by atoms with Gasteiger partial charge in [-0.05, 0) is 72.3 Å². The summed E-state index contributed by atoms with van der Waals surface area (Å²) in [5.74, 6) is 1.02. The minimum absolute atomic E-state index is 0.0805. The minimum atomic E-state index is -0.0805. The average Bonchev–Trinajstić information content (AvgIpc) is 3.47. The molecule has 0 aliphatic carbocycles. The van der Waals surface area contributed by atoms with E-state index in [1.54, 1.807) is 47.4 Å². The number of rotatable bonds is 7. The van der Waals surface area contributed by atoms with Crippen LogP contribution < -0.4 is 9.64 Å². The lowest BCUT2D eigenvalue weighted by atomic mass is 9.97. The van der Waals surface area contributed by atoms with Gasteiger partial charge in [0, 0.05) is 38.9 Å². The van der Waals surface area contributed by atoms with Crippen LogP contribution >= 0.6 is 11.3 Å². The van der Waals surface area contributed by atoms with Crippen LogP contribution in [0.15, 0.2) is 66.7 Å². The number of hydrogen-bond acceptors (Lipinski definition) is 5. The predicted octanol–water partition coefficient (Wildman–Crippen LogP) is 4.27. The van der Waals surface area contributed by atoms with Crippen molar-refractivity contribution in [1.82, 2.24) is 0 Å². The second kappa shape index (κ2) is 9.25. The lowest BCUT2D eigenvalue weighted by Gasteiger charge is -2.13. The molecule has 1 saturated heterocycles. The monoisotopic (exact) mass is 460 g/mol.